The standard InChI is InChI=1S/C22H36O2/c1-16(15-24-18(3)23)9-7-10-19-17(2)11-12-20-21(4,5)13-8-14-22(19,20)6/h9,19-20H,2,7-8,10-15H2,1,3-6H3/b16-9+/t19-,20?,22+/m0/s1. The highest BCUT2D eigenvalue weighted by Gasteiger charge is 2.52. The minimum atomic E-state index is -0.205. The normalized spacial score (nSPS) is 33.0. The average Bonchev–Trinajstić information content (AvgIpc) is 2.47. The van der Waals surface area contributed by atoms with Crippen LogP contribution < -0.4 is 0 Å². The Morgan fingerprint density at radius 2 is 2.00 bits per heavy atom. The lowest BCUT2D eigenvalue weighted by molar-refractivity contribution is -0.139. The first-order chi connectivity index (χ1) is 11.2. The van der Waals surface area contributed by atoms with Crippen LogP contribution in [0.5, 0.6) is 0 Å². The van der Waals surface area contributed by atoms with Gasteiger partial charge in [0.05, 0.1) is 0 Å². The van der Waals surface area contributed by atoms with Crippen LogP contribution in [0.15, 0.2) is 23.8 Å². The Morgan fingerprint density at radius 1 is 1.29 bits per heavy atom. The van der Waals surface area contributed by atoms with Gasteiger partial charge < -0.3 is 4.74 Å². The van der Waals surface area contributed by atoms with Gasteiger partial charge in [0.15, 0.2) is 0 Å². The number of hydrogen-bond acceptors (Lipinski definition) is 2. The molecule has 2 aliphatic carbocycles. The summed E-state index contributed by atoms with van der Waals surface area (Å²) in [6, 6.07) is 0. The molecule has 2 nitrogen and oxygen atoms in total. The molecule has 0 spiro atoms. The Hall–Kier alpha value is -1.05. The number of carbonyl (C=O) groups excluding carboxylic acids is 1. The molecule has 0 aromatic heterocycles. The molecule has 1 unspecified atom stereocenters. The average molecular weight is 333 g/mol. The Balaban J connectivity index is 2.03. The van der Waals surface area contributed by atoms with Crippen molar-refractivity contribution < 1.29 is 9.53 Å². The highest BCUT2D eigenvalue weighted by Crippen LogP contribution is 2.61. The van der Waals surface area contributed by atoms with E-state index in [9.17, 15) is 4.79 Å². The van der Waals surface area contributed by atoms with Crippen LogP contribution in [0.25, 0.3) is 0 Å². The van der Waals surface area contributed by atoms with E-state index in [1.165, 1.54) is 51.0 Å². The number of rotatable bonds is 5. The molecule has 0 saturated heterocycles. The number of fused-ring (bicyclic) bond motifs is 1. The zero-order chi connectivity index (χ0) is 18.0. The molecule has 2 heteroatoms. The molecule has 2 aliphatic rings. The maximum Gasteiger partial charge on any atom is 0.302 e. The summed E-state index contributed by atoms with van der Waals surface area (Å²) in [7, 11) is 0. The quantitative estimate of drug-likeness (QED) is 0.451. The molecule has 2 fully saturated rings. The van der Waals surface area contributed by atoms with Crippen LogP contribution in [0.1, 0.15) is 79.6 Å². The van der Waals surface area contributed by atoms with Gasteiger partial charge in [0.1, 0.15) is 6.61 Å². The van der Waals surface area contributed by atoms with Crippen LogP contribution in [-0.4, -0.2) is 12.6 Å². The van der Waals surface area contributed by atoms with Crippen molar-refractivity contribution in [2.24, 2.45) is 22.7 Å². The van der Waals surface area contributed by atoms with Gasteiger partial charge in [-0.25, -0.2) is 0 Å². The van der Waals surface area contributed by atoms with E-state index in [1.54, 1.807) is 0 Å². The fraction of sp³-hybridized carbons (Fsp3) is 0.773. The molecule has 0 radical (unpaired) electrons. The minimum absolute atomic E-state index is 0.205. The number of ether oxygens (including phenoxy) is 1. The molecule has 0 heterocycles. The summed E-state index contributed by atoms with van der Waals surface area (Å²) in [5.41, 5.74) is 3.50. The first-order valence-electron chi connectivity index (χ1n) is 9.63. The van der Waals surface area contributed by atoms with Crippen LogP contribution in [0.4, 0.5) is 0 Å². The number of esters is 1. The van der Waals surface area contributed by atoms with Crippen molar-refractivity contribution in [2.45, 2.75) is 79.6 Å². The third-order valence-corrected chi connectivity index (χ3v) is 6.77. The Labute approximate surface area is 148 Å². The topological polar surface area (TPSA) is 26.3 Å². The fourth-order valence-electron chi connectivity index (χ4n) is 5.58. The summed E-state index contributed by atoms with van der Waals surface area (Å²) in [6.07, 6.45) is 11.1. The third kappa shape index (κ3) is 4.13. The highest BCUT2D eigenvalue weighted by molar-refractivity contribution is 5.66. The van der Waals surface area contributed by atoms with Gasteiger partial charge in [-0.2, -0.15) is 0 Å². The van der Waals surface area contributed by atoms with Crippen LogP contribution >= 0.6 is 0 Å². The van der Waals surface area contributed by atoms with Crippen molar-refractivity contribution in [1.82, 2.24) is 0 Å². The molecule has 0 aromatic rings. The largest absolute Gasteiger partial charge is 0.461 e. The second-order valence-electron chi connectivity index (χ2n) is 9.06. The van der Waals surface area contributed by atoms with E-state index in [0.717, 1.165) is 17.9 Å². The molecular weight excluding hydrogens is 296 g/mol. The van der Waals surface area contributed by atoms with E-state index in [0.29, 0.717) is 23.4 Å². The summed E-state index contributed by atoms with van der Waals surface area (Å²) < 4.78 is 5.08. The summed E-state index contributed by atoms with van der Waals surface area (Å²) in [5.74, 6) is 1.25. The predicted octanol–water partition coefficient (Wildman–Crippen LogP) is 6.07. The summed E-state index contributed by atoms with van der Waals surface area (Å²) in [5, 5.41) is 0. The molecule has 0 N–H and O–H groups in total. The van der Waals surface area contributed by atoms with Crippen molar-refractivity contribution in [3.8, 4) is 0 Å². The molecule has 3 atom stereocenters. The highest BCUT2D eigenvalue weighted by atomic mass is 16.5. The third-order valence-electron chi connectivity index (χ3n) is 6.77. The molecule has 136 valence electrons. The Bertz CT molecular complexity index is 514. The first kappa shape index (κ1) is 19.3. The summed E-state index contributed by atoms with van der Waals surface area (Å²) in [6.45, 7) is 15.9. The van der Waals surface area contributed by atoms with E-state index in [-0.39, 0.29) is 5.97 Å². The molecule has 2 saturated carbocycles. The van der Waals surface area contributed by atoms with Crippen LogP contribution in [0, 0.1) is 22.7 Å². The molecule has 0 bridgehead atoms. The minimum Gasteiger partial charge on any atom is -0.461 e. The Morgan fingerprint density at radius 3 is 2.67 bits per heavy atom. The van der Waals surface area contributed by atoms with E-state index >= 15 is 0 Å². The molecule has 0 aliphatic heterocycles. The van der Waals surface area contributed by atoms with Gasteiger partial charge in [-0.3, -0.25) is 4.79 Å². The van der Waals surface area contributed by atoms with E-state index in [4.69, 9.17) is 4.74 Å². The van der Waals surface area contributed by atoms with Gasteiger partial charge in [-0.1, -0.05) is 45.4 Å². The smallest absolute Gasteiger partial charge is 0.302 e. The molecule has 0 amide bonds. The maximum atomic E-state index is 10.9. The van der Waals surface area contributed by atoms with E-state index < -0.39 is 0 Å². The van der Waals surface area contributed by atoms with Gasteiger partial charge in [0.25, 0.3) is 0 Å². The first-order valence-corrected chi connectivity index (χ1v) is 9.63. The summed E-state index contributed by atoms with van der Waals surface area (Å²) in [4.78, 5) is 10.9. The molecular formula is C22H36O2. The maximum absolute atomic E-state index is 10.9. The zero-order valence-corrected chi connectivity index (χ0v) is 16.4. The Kier molecular flexibility index (Phi) is 5.99. The van der Waals surface area contributed by atoms with E-state index in [1.807, 2.05) is 6.92 Å². The number of allylic oxidation sites excluding steroid dienone is 2. The van der Waals surface area contributed by atoms with Crippen molar-refractivity contribution in [3.05, 3.63) is 23.8 Å². The van der Waals surface area contributed by atoms with Crippen molar-refractivity contribution in [3.63, 3.8) is 0 Å². The van der Waals surface area contributed by atoms with E-state index in [2.05, 4.69) is 33.4 Å². The van der Waals surface area contributed by atoms with Crippen molar-refractivity contribution in [1.29, 1.82) is 0 Å². The lowest BCUT2D eigenvalue weighted by Crippen LogP contribution is -2.49. The summed E-state index contributed by atoms with van der Waals surface area (Å²) >= 11 is 0. The SMILES string of the molecule is C=C1CCC2C(C)(C)CCC[C@]2(C)[C@H]1CC/C=C(\C)COC(C)=O. The van der Waals surface area contributed by atoms with Gasteiger partial charge in [0, 0.05) is 6.92 Å². The number of hydrogen-bond donors (Lipinski definition) is 0. The second kappa shape index (κ2) is 7.45. The fourth-order valence-corrected chi connectivity index (χ4v) is 5.58. The van der Waals surface area contributed by atoms with Gasteiger partial charge in [-0.05, 0) is 73.7 Å². The zero-order valence-electron chi connectivity index (χ0n) is 16.4. The van der Waals surface area contributed by atoms with Gasteiger partial charge in [-0.15, -0.1) is 0 Å². The molecule has 2 rings (SSSR count). The van der Waals surface area contributed by atoms with Crippen molar-refractivity contribution in [2.75, 3.05) is 6.61 Å². The van der Waals surface area contributed by atoms with Crippen LogP contribution in [0.3, 0.4) is 0 Å². The second-order valence-corrected chi connectivity index (χ2v) is 9.06. The van der Waals surface area contributed by atoms with Crippen LogP contribution in [0.2, 0.25) is 0 Å². The van der Waals surface area contributed by atoms with Crippen molar-refractivity contribution >= 4 is 5.97 Å². The molecule has 24 heavy (non-hydrogen) atoms. The molecule has 0 aromatic carbocycles. The number of carbonyl (C=O) groups is 1. The lowest BCUT2D eigenvalue weighted by Gasteiger charge is -2.58. The lowest BCUT2D eigenvalue weighted by atomic mass is 9.47. The van der Waals surface area contributed by atoms with Gasteiger partial charge >= 0.3 is 5.97 Å². The predicted molar refractivity (Wildman–Crippen MR) is 101 cm³/mol. The monoisotopic (exact) mass is 332 g/mol. The van der Waals surface area contributed by atoms with Gasteiger partial charge in [0.2, 0.25) is 0 Å². The van der Waals surface area contributed by atoms with Crippen LogP contribution in [-0.2, 0) is 9.53 Å².